The quantitative estimate of drug-likeness (QED) is 0.840. The Morgan fingerprint density at radius 3 is 2.45 bits per heavy atom. The fourth-order valence-electron chi connectivity index (χ4n) is 2.57. The van der Waals surface area contributed by atoms with Gasteiger partial charge in [-0.25, -0.2) is 8.42 Å². The molecule has 0 N–H and O–H groups in total. The highest BCUT2D eigenvalue weighted by atomic mass is 35.5. The normalized spacial score (nSPS) is 23.5. The van der Waals surface area contributed by atoms with Gasteiger partial charge in [0.15, 0.2) is 0 Å². The molecule has 0 amide bonds. The van der Waals surface area contributed by atoms with Crippen molar-refractivity contribution < 1.29 is 17.9 Å². The van der Waals surface area contributed by atoms with Crippen LogP contribution in [0.25, 0.3) is 0 Å². The predicted octanol–water partition coefficient (Wildman–Crippen LogP) is 2.85. The van der Waals surface area contributed by atoms with Crippen molar-refractivity contribution >= 4 is 21.6 Å². The van der Waals surface area contributed by atoms with Gasteiger partial charge in [-0.05, 0) is 45.4 Å². The van der Waals surface area contributed by atoms with E-state index in [4.69, 9.17) is 21.1 Å². The van der Waals surface area contributed by atoms with Crippen molar-refractivity contribution in [2.24, 2.45) is 0 Å². The fourth-order valence-corrected chi connectivity index (χ4v) is 4.53. The first-order valence-electron chi connectivity index (χ1n) is 7.34. The van der Waals surface area contributed by atoms with Crippen LogP contribution in [0.1, 0.15) is 26.3 Å². The summed E-state index contributed by atoms with van der Waals surface area (Å²) in [5.74, 6) is 0.344. The van der Waals surface area contributed by atoms with Crippen LogP contribution in [-0.4, -0.2) is 44.6 Å². The van der Waals surface area contributed by atoms with E-state index in [-0.39, 0.29) is 17.1 Å². The molecular formula is C15H22ClNO4S. The maximum absolute atomic E-state index is 13.0. The van der Waals surface area contributed by atoms with E-state index in [2.05, 4.69) is 0 Å². The van der Waals surface area contributed by atoms with Crippen LogP contribution in [0.3, 0.4) is 0 Å². The Bertz CT molecular complexity index is 637. The molecule has 1 fully saturated rings. The van der Waals surface area contributed by atoms with Crippen LogP contribution >= 0.6 is 11.6 Å². The molecule has 1 aromatic carbocycles. The summed E-state index contributed by atoms with van der Waals surface area (Å²) >= 11 is 6.13. The number of ether oxygens (including phenoxy) is 2. The van der Waals surface area contributed by atoms with Crippen LogP contribution in [0.15, 0.2) is 17.0 Å². The second kappa shape index (κ2) is 6.74. The van der Waals surface area contributed by atoms with Gasteiger partial charge < -0.3 is 9.47 Å². The average Bonchev–Trinajstić information content (AvgIpc) is 2.41. The molecule has 124 valence electrons. The van der Waals surface area contributed by atoms with Crippen molar-refractivity contribution in [3.8, 4) is 5.75 Å². The van der Waals surface area contributed by atoms with E-state index in [1.54, 1.807) is 6.07 Å². The van der Waals surface area contributed by atoms with Gasteiger partial charge in [0, 0.05) is 18.1 Å². The lowest BCUT2D eigenvalue weighted by molar-refractivity contribution is -0.0441. The Morgan fingerprint density at radius 2 is 1.91 bits per heavy atom. The largest absolute Gasteiger partial charge is 0.492 e. The van der Waals surface area contributed by atoms with Gasteiger partial charge in [-0.3, -0.25) is 0 Å². The van der Waals surface area contributed by atoms with Crippen LogP contribution in [0.5, 0.6) is 5.75 Å². The average molecular weight is 348 g/mol. The Labute approximate surface area is 137 Å². The van der Waals surface area contributed by atoms with Gasteiger partial charge in [0.25, 0.3) is 0 Å². The molecule has 0 radical (unpaired) electrons. The second-order valence-corrected chi connectivity index (χ2v) is 7.87. The van der Waals surface area contributed by atoms with Crippen molar-refractivity contribution in [3.05, 3.63) is 22.7 Å². The minimum atomic E-state index is -3.68. The molecule has 1 heterocycles. The Hall–Kier alpha value is -0.820. The number of hydrogen-bond acceptors (Lipinski definition) is 4. The molecule has 2 rings (SSSR count). The maximum atomic E-state index is 13.0. The summed E-state index contributed by atoms with van der Waals surface area (Å²) in [5, 5.41) is 0.413. The maximum Gasteiger partial charge on any atom is 0.246 e. The van der Waals surface area contributed by atoms with Gasteiger partial charge in [0.05, 0.1) is 18.8 Å². The highest BCUT2D eigenvalue weighted by Gasteiger charge is 2.34. The highest BCUT2D eigenvalue weighted by Crippen LogP contribution is 2.33. The minimum absolute atomic E-state index is 0.117. The van der Waals surface area contributed by atoms with Crippen LogP contribution < -0.4 is 4.74 Å². The van der Waals surface area contributed by atoms with Gasteiger partial charge in [-0.15, -0.1) is 0 Å². The summed E-state index contributed by atoms with van der Waals surface area (Å²) < 4.78 is 38.5. The van der Waals surface area contributed by atoms with Crippen LogP contribution in [0, 0.1) is 6.92 Å². The summed E-state index contributed by atoms with van der Waals surface area (Å²) in [7, 11) is -3.68. The Balaban J connectivity index is 2.46. The van der Waals surface area contributed by atoms with E-state index in [9.17, 15) is 8.42 Å². The third-order valence-electron chi connectivity index (χ3n) is 3.53. The Morgan fingerprint density at radius 1 is 1.32 bits per heavy atom. The summed E-state index contributed by atoms with van der Waals surface area (Å²) in [6.07, 6.45) is -0.287. The van der Waals surface area contributed by atoms with E-state index < -0.39 is 10.0 Å². The van der Waals surface area contributed by atoms with E-state index in [1.807, 2.05) is 27.7 Å². The zero-order valence-corrected chi connectivity index (χ0v) is 14.9. The van der Waals surface area contributed by atoms with Crippen LogP contribution in [0.2, 0.25) is 5.02 Å². The van der Waals surface area contributed by atoms with E-state index >= 15 is 0 Å². The standard InChI is InChI=1S/C15H22ClNO4S/c1-5-20-14-6-10(2)13(16)7-15(14)22(18,19)17-8-11(3)21-12(4)9-17/h6-7,11-12H,5,8-9H2,1-4H3. The number of sulfonamides is 1. The zero-order valence-electron chi connectivity index (χ0n) is 13.3. The van der Waals surface area contributed by atoms with Crippen molar-refractivity contribution in [2.45, 2.75) is 44.8 Å². The van der Waals surface area contributed by atoms with Gasteiger partial charge in [-0.1, -0.05) is 11.6 Å². The molecule has 7 heteroatoms. The molecule has 1 aliphatic rings. The number of hydrogen-bond donors (Lipinski definition) is 0. The molecule has 0 aliphatic carbocycles. The number of aryl methyl sites for hydroxylation is 1. The number of benzene rings is 1. The van der Waals surface area contributed by atoms with E-state index in [0.717, 1.165) is 5.56 Å². The SMILES string of the molecule is CCOc1cc(C)c(Cl)cc1S(=O)(=O)N1CC(C)OC(C)C1. The number of morpholine rings is 1. The molecule has 2 atom stereocenters. The monoisotopic (exact) mass is 347 g/mol. The lowest BCUT2D eigenvalue weighted by atomic mass is 10.2. The smallest absolute Gasteiger partial charge is 0.246 e. The molecule has 0 spiro atoms. The van der Waals surface area contributed by atoms with Gasteiger partial charge >= 0.3 is 0 Å². The zero-order chi connectivity index (χ0) is 16.5. The van der Waals surface area contributed by atoms with Crippen molar-refractivity contribution in [2.75, 3.05) is 19.7 Å². The van der Waals surface area contributed by atoms with Gasteiger partial charge in [0.2, 0.25) is 10.0 Å². The first kappa shape index (κ1) is 17.5. The second-order valence-electron chi connectivity index (χ2n) is 5.56. The fraction of sp³-hybridized carbons (Fsp3) is 0.600. The van der Waals surface area contributed by atoms with Crippen molar-refractivity contribution in [1.29, 1.82) is 0 Å². The summed E-state index contributed by atoms with van der Waals surface area (Å²) in [5.41, 5.74) is 0.785. The third kappa shape index (κ3) is 3.56. The molecule has 5 nitrogen and oxygen atoms in total. The van der Waals surface area contributed by atoms with Gasteiger partial charge in [-0.2, -0.15) is 4.31 Å². The topological polar surface area (TPSA) is 55.8 Å². The molecular weight excluding hydrogens is 326 g/mol. The lowest BCUT2D eigenvalue weighted by Crippen LogP contribution is -2.48. The lowest BCUT2D eigenvalue weighted by Gasteiger charge is -2.34. The molecule has 1 aliphatic heterocycles. The van der Waals surface area contributed by atoms with E-state index in [1.165, 1.54) is 10.4 Å². The number of halogens is 1. The molecule has 22 heavy (non-hydrogen) atoms. The molecule has 1 saturated heterocycles. The van der Waals surface area contributed by atoms with Crippen LogP contribution in [0.4, 0.5) is 0 Å². The molecule has 1 aromatic rings. The minimum Gasteiger partial charge on any atom is -0.492 e. The summed E-state index contributed by atoms with van der Waals surface area (Å²) in [6.45, 7) is 8.40. The van der Waals surface area contributed by atoms with Gasteiger partial charge in [0.1, 0.15) is 10.6 Å². The first-order chi connectivity index (χ1) is 10.3. The highest BCUT2D eigenvalue weighted by molar-refractivity contribution is 7.89. The first-order valence-corrected chi connectivity index (χ1v) is 9.16. The number of rotatable bonds is 4. The predicted molar refractivity (Wildman–Crippen MR) is 86.1 cm³/mol. The van der Waals surface area contributed by atoms with Crippen molar-refractivity contribution in [1.82, 2.24) is 4.31 Å². The Kier molecular flexibility index (Phi) is 5.37. The molecule has 0 saturated carbocycles. The summed E-state index contributed by atoms with van der Waals surface area (Å²) in [4.78, 5) is 0.117. The third-order valence-corrected chi connectivity index (χ3v) is 5.79. The molecule has 0 aromatic heterocycles. The summed E-state index contributed by atoms with van der Waals surface area (Å²) in [6, 6.07) is 3.15. The molecule has 0 bridgehead atoms. The molecule has 2 unspecified atom stereocenters. The number of nitrogens with zero attached hydrogens (tertiary/aromatic N) is 1. The van der Waals surface area contributed by atoms with E-state index in [0.29, 0.717) is 30.5 Å². The van der Waals surface area contributed by atoms with Crippen molar-refractivity contribution in [3.63, 3.8) is 0 Å². The van der Waals surface area contributed by atoms with Crippen LogP contribution in [-0.2, 0) is 14.8 Å².